The minimum absolute atomic E-state index is 0.0553. The van der Waals surface area contributed by atoms with Crippen LogP contribution in [0.25, 0.3) is 12.2 Å². The number of rotatable bonds is 3. The Morgan fingerprint density at radius 1 is 1.38 bits per heavy atom. The lowest BCUT2D eigenvalue weighted by atomic mass is 10.2. The van der Waals surface area contributed by atoms with E-state index in [4.69, 9.17) is 5.26 Å². The van der Waals surface area contributed by atoms with E-state index in [0.29, 0.717) is 14.8 Å². The smallest absolute Gasteiger partial charge is 0.387 e. The van der Waals surface area contributed by atoms with Crippen molar-refractivity contribution in [3.05, 3.63) is 49.4 Å². The monoisotopic (exact) mass is 308 g/mol. The molecule has 0 aliphatic carbocycles. The maximum atomic E-state index is 12.0. The second-order valence-electron chi connectivity index (χ2n) is 4.03. The molecule has 0 fully saturated rings. The van der Waals surface area contributed by atoms with Gasteiger partial charge in [0.05, 0.1) is 10.6 Å². The normalized spacial score (nSPS) is 12.7. The molecular weight excluding hydrogens is 298 g/mol. The quantitative estimate of drug-likeness (QED) is 0.855. The molecule has 0 amide bonds. The average Bonchev–Trinajstić information content (AvgIpc) is 2.69. The second kappa shape index (κ2) is 6.33. The van der Waals surface area contributed by atoms with Gasteiger partial charge in [0.1, 0.15) is 10.4 Å². The SMILES string of the molecule is Cn1c(=O)/c(=C\c2ccc(OC(F)F)cc2)s/c1=C\C#N. The zero-order valence-corrected chi connectivity index (χ0v) is 11.7. The molecule has 0 saturated carbocycles. The number of benzene rings is 1. The van der Waals surface area contributed by atoms with E-state index in [-0.39, 0.29) is 11.3 Å². The predicted molar refractivity (Wildman–Crippen MR) is 75.5 cm³/mol. The van der Waals surface area contributed by atoms with Crippen LogP contribution in [-0.4, -0.2) is 11.2 Å². The maximum Gasteiger partial charge on any atom is 0.387 e. The Morgan fingerprint density at radius 2 is 2.05 bits per heavy atom. The van der Waals surface area contributed by atoms with Crippen molar-refractivity contribution in [2.45, 2.75) is 6.61 Å². The fourth-order valence-electron chi connectivity index (χ4n) is 1.66. The Labute approximate surface area is 122 Å². The molecule has 0 radical (unpaired) electrons. The summed E-state index contributed by atoms with van der Waals surface area (Å²) in [5, 5.41) is 8.64. The highest BCUT2D eigenvalue weighted by molar-refractivity contribution is 7.07. The number of alkyl halides is 2. The molecule has 0 N–H and O–H groups in total. The summed E-state index contributed by atoms with van der Waals surface area (Å²) < 4.78 is 30.7. The molecule has 2 aromatic rings. The van der Waals surface area contributed by atoms with E-state index >= 15 is 0 Å². The zero-order valence-electron chi connectivity index (χ0n) is 10.9. The van der Waals surface area contributed by atoms with Crippen LogP contribution in [-0.2, 0) is 7.05 Å². The van der Waals surface area contributed by atoms with Crippen molar-refractivity contribution in [3.8, 4) is 11.8 Å². The van der Waals surface area contributed by atoms with E-state index in [2.05, 4.69) is 4.74 Å². The van der Waals surface area contributed by atoms with Crippen molar-refractivity contribution in [3.63, 3.8) is 0 Å². The molecule has 7 heteroatoms. The number of ether oxygens (including phenoxy) is 1. The molecule has 0 saturated heterocycles. The van der Waals surface area contributed by atoms with Crippen molar-refractivity contribution >= 4 is 23.5 Å². The van der Waals surface area contributed by atoms with Crippen LogP contribution < -0.4 is 19.5 Å². The highest BCUT2D eigenvalue weighted by atomic mass is 32.1. The number of thiazole rings is 1. The fourth-order valence-corrected chi connectivity index (χ4v) is 2.64. The number of aromatic nitrogens is 1. The van der Waals surface area contributed by atoms with Crippen LogP contribution in [0.4, 0.5) is 8.78 Å². The van der Waals surface area contributed by atoms with Crippen molar-refractivity contribution in [1.82, 2.24) is 4.57 Å². The summed E-state index contributed by atoms with van der Waals surface area (Å²) in [6.45, 7) is -2.87. The molecular formula is C14H10F2N2O2S. The Balaban J connectivity index is 2.41. The topological polar surface area (TPSA) is 55.0 Å². The van der Waals surface area contributed by atoms with Crippen LogP contribution >= 0.6 is 11.3 Å². The Morgan fingerprint density at radius 3 is 2.62 bits per heavy atom. The number of hydrogen-bond donors (Lipinski definition) is 0. The van der Waals surface area contributed by atoms with Gasteiger partial charge in [-0.15, -0.1) is 11.3 Å². The van der Waals surface area contributed by atoms with Gasteiger partial charge < -0.3 is 9.30 Å². The van der Waals surface area contributed by atoms with Crippen LogP contribution in [0.5, 0.6) is 5.75 Å². The van der Waals surface area contributed by atoms with Gasteiger partial charge in [0.15, 0.2) is 0 Å². The number of hydrogen-bond acceptors (Lipinski definition) is 4. The third kappa shape index (κ3) is 3.55. The first kappa shape index (κ1) is 14.9. The second-order valence-corrected chi connectivity index (χ2v) is 5.10. The van der Waals surface area contributed by atoms with Gasteiger partial charge >= 0.3 is 6.61 Å². The van der Waals surface area contributed by atoms with Crippen molar-refractivity contribution in [2.24, 2.45) is 7.05 Å². The highest BCUT2D eigenvalue weighted by Gasteiger charge is 2.04. The summed E-state index contributed by atoms with van der Waals surface area (Å²) >= 11 is 1.19. The molecule has 2 rings (SSSR count). The van der Waals surface area contributed by atoms with Gasteiger partial charge in [0, 0.05) is 13.1 Å². The molecule has 21 heavy (non-hydrogen) atoms. The molecule has 108 valence electrons. The van der Waals surface area contributed by atoms with E-state index in [1.54, 1.807) is 25.3 Å². The third-order valence-electron chi connectivity index (χ3n) is 2.65. The van der Waals surface area contributed by atoms with Crippen LogP contribution in [0.3, 0.4) is 0 Å². The first-order valence-corrected chi connectivity index (χ1v) is 6.65. The minimum Gasteiger partial charge on any atom is -0.435 e. The molecule has 1 aromatic carbocycles. The van der Waals surface area contributed by atoms with E-state index in [1.165, 1.54) is 34.1 Å². The lowest BCUT2D eigenvalue weighted by Crippen LogP contribution is -2.28. The van der Waals surface area contributed by atoms with Gasteiger partial charge in [-0.25, -0.2) is 0 Å². The Bertz CT molecular complexity index is 845. The summed E-state index contributed by atoms with van der Waals surface area (Å²) in [5.41, 5.74) is 0.466. The minimum atomic E-state index is -2.87. The Kier molecular flexibility index (Phi) is 4.50. The molecule has 0 aliphatic rings. The van der Waals surface area contributed by atoms with Crippen molar-refractivity contribution < 1.29 is 13.5 Å². The summed E-state index contributed by atoms with van der Waals surface area (Å²) in [6, 6.07) is 7.83. The maximum absolute atomic E-state index is 12.0. The third-order valence-corrected chi connectivity index (χ3v) is 3.76. The molecule has 0 spiro atoms. The van der Waals surface area contributed by atoms with Crippen LogP contribution in [0.1, 0.15) is 5.56 Å². The highest BCUT2D eigenvalue weighted by Crippen LogP contribution is 2.14. The average molecular weight is 308 g/mol. The fraction of sp³-hybridized carbons (Fsp3) is 0.143. The van der Waals surface area contributed by atoms with E-state index in [0.717, 1.165) is 0 Å². The molecule has 1 heterocycles. The molecule has 0 aliphatic heterocycles. The van der Waals surface area contributed by atoms with E-state index in [9.17, 15) is 13.6 Å². The number of halogens is 2. The van der Waals surface area contributed by atoms with Gasteiger partial charge in [-0.1, -0.05) is 12.1 Å². The van der Waals surface area contributed by atoms with Gasteiger partial charge in [0.25, 0.3) is 5.56 Å². The molecule has 0 atom stereocenters. The van der Waals surface area contributed by atoms with Crippen LogP contribution in [0.2, 0.25) is 0 Å². The largest absolute Gasteiger partial charge is 0.435 e. The van der Waals surface area contributed by atoms with E-state index < -0.39 is 6.61 Å². The van der Waals surface area contributed by atoms with Crippen LogP contribution in [0, 0.1) is 11.3 Å². The van der Waals surface area contributed by atoms with Crippen molar-refractivity contribution in [2.75, 3.05) is 0 Å². The van der Waals surface area contributed by atoms with Crippen LogP contribution in [0.15, 0.2) is 29.1 Å². The predicted octanol–water partition coefficient (Wildman–Crippen LogP) is 1.18. The zero-order chi connectivity index (χ0) is 15.4. The van der Waals surface area contributed by atoms with Crippen molar-refractivity contribution in [1.29, 1.82) is 5.26 Å². The van der Waals surface area contributed by atoms with Gasteiger partial charge in [0.2, 0.25) is 0 Å². The molecule has 4 nitrogen and oxygen atoms in total. The standard InChI is InChI=1S/C14H10F2N2O2S/c1-18-12(6-7-17)21-11(13(18)19)8-9-2-4-10(5-3-9)20-14(15)16/h2-6,8,14H,1H3/b11-8+,12-6-. The first-order chi connectivity index (χ1) is 10.0. The van der Waals surface area contributed by atoms with Gasteiger partial charge in [-0.05, 0) is 23.8 Å². The molecule has 1 aromatic heterocycles. The number of nitrogens with zero attached hydrogens (tertiary/aromatic N) is 2. The summed E-state index contributed by atoms with van der Waals surface area (Å²) in [6.07, 6.45) is 2.93. The molecule has 0 unspecified atom stereocenters. The molecule has 0 bridgehead atoms. The lowest BCUT2D eigenvalue weighted by molar-refractivity contribution is -0.0498. The summed E-state index contributed by atoms with van der Waals surface area (Å²) in [5.74, 6) is 0.0553. The Hall–Kier alpha value is -2.46. The summed E-state index contributed by atoms with van der Waals surface area (Å²) in [4.78, 5) is 12.0. The van der Waals surface area contributed by atoms with Gasteiger partial charge in [-0.3, -0.25) is 4.79 Å². The summed E-state index contributed by atoms with van der Waals surface area (Å²) in [7, 11) is 1.58. The van der Waals surface area contributed by atoms with Gasteiger partial charge in [-0.2, -0.15) is 14.0 Å². The number of nitriles is 1. The lowest BCUT2D eigenvalue weighted by Gasteiger charge is -2.03. The first-order valence-electron chi connectivity index (χ1n) is 5.83. The van der Waals surface area contributed by atoms with E-state index in [1.807, 2.05) is 6.07 Å².